The predicted octanol–water partition coefficient (Wildman–Crippen LogP) is 4.23. The van der Waals surface area contributed by atoms with E-state index in [1.54, 1.807) is 0 Å². The zero-order chi connectivity index (χ0) is 19.0. The summed E-state index contributed by atoms with van der Waals surface area (Å²) in [6, 6.07) is 7.68. The van der Waals surface area contributed by atoms with Crippen LogP contribution in [0.2, 0.25) is 0 Å². The first kappa shape index (κ1) is 20.2. The Morgan fingerprint density at radius 2 is 1.70 bits per heavy atom. The van der Waals surface area contributed by atoms with Gasteiger partial charge in [0.25, 0.3) is 5.91 Å². The summed E-state index contributed by atoms with van der Waals surface area (Å²) in [7, 11) is 0. The Hall–Kier alpha value is -1.59. The van der Waals surface area contributed by atoms with Crippen LogP contribution in [0.4, 0.5) is 5.69 Å². The molecule has 1 aliphatic carbocycles. The van der Waals surface area contributed by atoms with E-state index in [1.165, 1.54) is 38.8 Å². The van der Waals surface area contributed by atoms with Gasteiger partial charge >= 0.3 is 0 Å². The number of likely N-dealkylation sites (tertiary alicyclic amines) is 1. The molecule has 5 nitrogen and oxygen atoms in total. The minimum atomic E-state index is -0.642. The van der Waals surface area contributed by atoms with Crippen molar-refractivity contribution in [3.05, 3.63) is 24.3 Å². The maximum absolute atomic E-state index is 12.7. The van der Waals surface area contributed by atoms with Gasteiger partial charge in [-0.05, 0) is 82.8 Å². The average molecular weight is 375 g/mol. The molecule has 0 radical (unpaired) electrons. The van der Waals surface area contributed by atoms with Gasteiger partial charge in [-0.25, -0.2) is 0 Å². The SMILES string of the molecule is CCOC1(C(=O)Nc2ccc(OCCN3CCCCCC3)cc2)CCCC1. The molecule has 0 aromatic heterocycles. The Labute approximate surface area is 163 Å². The summed E-state index contributed by atoms with van der Waals surface area (Å²) in [4.78, 5) is 15.2. The first-order chi connectivity index (χ1) is 13.2. The van der Waals surface area contributed by atoms with Crippen molar-refractivity contribution in [1.29, 1.82) is 0 Å². The summed E-state index contributed by atoms with van der Waals surface area (Å²) in [6.45, 7) is 6.59. The highest BCUT2D eigenvalue weighted by atomic mass is 16.5. The highest BCUT2D eigenvalue weighted by Gasteiger charge is 2.41. The molecule has 1 heterocycles. The number of carbonyl (C=O) groups excluding carboxylic acids is 1. The quantitative estimate of drug-likeness (QED) is 0.740. The van der Waals surface area contributed by atoms with Crippen molar-refractivity contribution >= 4 is 11.6 Å². The normalized spacial score (nSPS) is 20.2. The average Bonchev–Trinajstić information content (AvgIpc) is 3.01. The topological polar surface area (TPSA) is 50.8 Å². The van der Waals surface area contributed by atoms with E-state index in [1.807, 2.05) is 31.2 Å². The van der Waals surface area contributed by atoms with E-state index >= 15 is 0 Å². The molecule has 1 aromatic rings. The molecule has 3 rings (SSSR count). The standard InChI is InChI=1S/C22H34N2O3/c1-2-27-22(13-5-6-14-22)21(25)23-19-9-11-20(12-10-19)26-18-17-24-15-7-3-4-8-16-24/h9-12H,2-8,13-18H2,1H3,(H,23,25). The summed E-state index contributed by atoms with van der Waals surface area (Å²) in [5.41, 5.74) is 0.155. The Morgan fingerprint density at radius 1 is 1.04 bits per heavy atom. The first-order valence-electron chi connectivity index (χ1n) is 10.6. The highest BCUT2D eigenvalue weighted by molar-refractivity contribution is 5.97. The van der Waals surface area contributed by atoms with Crippen LogP contribution in [0.15, 0.2) is 24.3 Å². The molecule has 1 amide bonds. The Balaban J connectivity index is 1.46. The van der Waals surface area contributed by atoms with E-state index in [0.29, 0.717) is 13.2 Å². The number of hydrogen-bond donors (Lipinski definition) is 1. The van der Waals surface area contributed by atoms with Crippen molar-refractivity contribution in [2.24, 2.45) is 0 Å². The lowest BCUT2D eigenvalue weighted by atomic mass is 10.0. The molecular weight excluding hydrogens is 340 g/mol. The summed E-state index contributed by atoms with van der Waals surface area (Å²) < 4.78 is 11.7. The van der Waals surface area contributed by atoms with Crippen molar-refractivity contribution in [1.82, 2.24) is 4.90 Å². The summed E-state index contributed by atoms with van der Waals surface area (Å²) in [5, 5.41) is 3.02. The molecule has 1 saturated carbocycles. The molecular formula is C22H34N2O3. The maximum atomic E-state index is 12.7. The molecule has 1 N–H and O–H groups in total. The van der Waals surface area contributed by atoms with Crippen molar-refractivity contribution in [2.75, 3.05) is 38.2 Å². The Kier molecular flexibility index (Phi) is 7.53. The minimum Gasteiger partial charge on any atom is -0.492 e. The molecule has 150 valence electrons. The van der Waals surface area contributed by atoms with E-state index in [2.05, 4.69) is 10.2 Å². The number of anilines is 1. The van der Waals surface area contributed by atoms with E-state index in [4.69, 9.17) is 9.47 Å². The molecule has 2 fully saturated rings. The number of nitrogens with zero attached hydrogens (tertiary/aromatic N) is 1. The zero-order valence-electron chi connectivity index (χ0n) is 16.7. The van der Waals surface area contributed by atoms with Crippen molar-refractivity contribution in [3.8, 4) is 5.75 Å². The molecule has 0 atom stereocenters. The lowest BCUT2D eigenvalue weighted by molar-refractivity contribution is -0.140. The number of hydrogen-bond acceptors (Lipinski definition) is 4. The lowest BCUT2D eigenvalue weighted by Gasteiger charge is -2.27. The molecule has 1 saturated heterocycles. The van der Waals surface area contributed by atoms with Crippen molar-refractivity contribution in [2.45, 2.75) is 63.9 Å². The monoisotopic (exact) mass is 374 g/mol. The van der Waals surface area contributed by atoms with Gasteiger partial charge in [0.05, 0.1) is 0 Å². The number of nitrogens with one attached hydrogen (secondary N) is 1. The van der Waals surface area contributed by atoms with E-state index in [0.717, 1.165) is 43.7 Å². The van der Waals surface area contributed by atoms with Gasteiger partial charge in [0.2, 0.25) is 0 Å². The zero-order valence-corrected chi connectivity index (χ0v) is 16.7. The molecule has 0 unspecified atom stereocenters. The van der Waals surface area contributed by atoms with Crippen LogP contribution in [-0.4, -0.2) is 49.3 Å². The van der Waals surface area contributed by atoms with E-state index < -0.39 is 5.60 Å². The van der Waals surface area contributed by atoms with Crippen LogP contribution >= 0.6 is 0 Å². The van der Waals surface area contributed by atoms with Crippen molar-refractivity contribution in [3.63, 3.8) is 0 Å². The van der Waals surface area contributed by atoms with Gasteiger partial charge in [-0.2, -0.15) is 0 Å². The van der Waals surface area contributed by atoms with Crippen LogP contribution in [0.25, 0.3) is 0 Å². The molecule has 5 heteroatoms. The fourth-order valence-electron chi connectivity index (χ4n) is 4.19. The number of benzene rings is 1. The van der Waals surface area contributed by atoms with Gasteiger partial charge in [-0.1, -0.05) is 12.8 Å². The second kappa shape index (κ2) is 10.1. The smallest absolute Gasteiger partial charge is 0.256 e. The Bertz CT molecular complexity index is 574. The summed E-state index contributed by atoms with van der Waals surface area (Å²) in [5.74, 6) is 0.833. The van der Waals surface area contributed by atoms with Crippen LogP contribution in [0.5, 0.6) is 5.75 Å². The number of rotatable bonds is 8. The predicted molar refractivity (Wildman–Crippen MR) is 108 cm³/mol. The number of carbonyl (C=O) groups is 1. The molecule has 2 aliphatic rings. The van der Waals surface area contributed by atoms with Gasteiger partial charge < -0.3 is 14.8 Å². The third-order valence-electron chi connectivity index (χ3n) is 5.73. The fourth-order valence-corrected chi connectivity index (χ4v) is 4.19. The summed E-state index contributed by atoms with van der Waals surface area (Å²) >= 11 is 0. The Morgan fingerprint density at radius 3 is 2.33 bits per heavy atom. The number of ether oxygens (including phenoxy) is 2. The van der Waals surface area contributed by atoms with Gasteiger partial charge in [0.15, 0.2) is 0 Å². The minimum absolute atomic E-state index is 0.0170. The number of amides is 1. The van der Waals surface area contributed by atoms with Gasteiger partial charge in [-0.15, -0.1) is 0 Å². The van der Waals surface area contributed by atoms with Crippen LogP contribution in [0.3, 0.4) is 0 Å². The van der Waals surface area contributed by atoms with Crippen molar-refractivity contribution < 1.29 is 14.3 Å². The molecule has 27 heavy (non-hydrogen) atoms. The fraction of sp³-hybridized carbons (Fsp3) is 0.682. The second-order valence-corrected chi connectivity index (χ2v) is 7.72. The molecule has 0 spiro atoms. The van der Waals surface area contributed by atoms with Crippen LogP contribution in [0, 0.1) is 0 Å². The third-order valence-corrected chi connectivity index (χ3v) is 5.73. The molecule has 1 aromatic carbocycles. The lowest BCUT2D eigenvalue weighted by Crippen LogP contribution is -2.43. The first-order valence-corrected chi connectivity index (χ1v) is 10.6. The van der Waals surface area contributed by atoms with E-state index in [-0.39, 0.29) is 5.91 Å². The molecule has 0 bridgehead atoms. The maximum Gasteiger partial charge on any atom is 0.256 e. The van der Waals surface area contributed by atoms with E-state index in [9.17, 15) is 4.79 Å². The third kappa shape index (κ3) is 5.69. The van der Waals surface area contributed by atoms with Crippen LogP contribution in [-0.2, 0) is 9.53 Å². The van der Waals surface area contributed by atoms with Crippen LogP contribution < -0.4 is 10.1 Å². The highest BCUT2D eigenvalue weighted by Crippen LogP contribution is 2.34. The largest absolute Gasteiger partial charge is 0.492 e. The molecule has 1 aliphatic heterocycles. The second-order valence-electron chi connectivity index (χ2n) is 7.72. The van der Waals surface area contributed by atoms with Crippen LogP contribution in [0.1, 0.15) is 58.3 Å². The van der Waals surface area contributed by atoms with Gasteiger partial charge in [0.1, 0.15) is 18.0 Å². The van der Waals surface area contributed by atoms with Gasteiger partial charge in [-0.3, -0.25) is 9.69 Å². The summed E-state index contributed by atoms with van der Waals surface area (Å²) in [6.07, 6.45) is 9.04. The van der Waals surface area contributed by atoms with Gasteiger partial charge in [0, 0.05) is 18.8 Å².